The fourth-order valence-electron chi connectivity index (χ4n) is 3.60. The summed E-state index contributed by atoms with van der Waals surface area (Å²) in [7, 11) is 4.39. The first-order valence-corrected chi connectivity index (χ1v) is 7.99. The molecule has 1 aromatic rings. The lowest BCUT2D eigenvalue weighted by molar-refractivity contribution is 0.136. The van der Waals surface area contributed by atoms with E-state index in [9.17, 15) is 0 Å². The van der Waals surface area contributed by atoms with Gasteiger partial charge in [-0.05, 0) is 71.7 Å². The Kier molecular flexibility index (Phi) is 5.22. The Morgan fingerprint density at radius 2 is 1.80 bits per heavy atom. The van der Waals surface area contributed by atoms with Gasteiger partial charge in [0, 0.05) is 18.1 Å². The van der Waals surface area contributed by atoms with E-state index in [4.69, 9.17) is 0 Å². The quantitative estimate of drug-likeness (QED) is 0.897. The van der Waals surface area contributed by atoms with Gasteiger partial charge < -0.3 is 5.32 Å². The molecule has 1 aliphatic rings. The first-order valence-electron chi connectivity index (χ1n) is 7.99. The summed E-state index contributed by atoms with van der Waals surface area (Å²) in [6, 6.07) is 8.82. The van der Waals surface area contributed by atoms with Crippen LogP contribution in [-0.2, 0) is 0 Å². The second-order valence-electron chi connectivity index (χ2n) is 6.50. The average molecular weight is 274 g/mol. The first kappa shape index (κ1) is 15.5. The summed E-state index contributed by atoms with van der Waals surface area (Å²) in [6.45, 7) is 6.76. The highest BCUT2D eigenvalue weighted by Crippen LogP contribution is 2.30. The molecule has 1 atom stereocenters. The Balaban J connectivity index is 2.03. The summed E-state index contributed by atoms with van der Waals surface area (Å²) in [6.07, 6.45) is 5.25. The van der Waals surface area contributed by atoms with Gasteiger partial charge in [0.05, 0.1) is 0 Å². The van der Waals surface area contributed by atoms with E-state index in [0.29, 0.717) is 6.04 Å². The van der Waals surface area contributed by atoms with E-state index >= 15 is 0 Å². The number of benzene rings is 1. The van der Waals surface area contributed by atoms with E-state index in [2.05, 4.69) is 63.3 Å². The predicted octanol–water partition coefficient (Wildman–Crippen LogP) is 3.83. The number of hydrogen-bond donors (Lipinski definition) is 1. The van der Waals surface area contributed by atoms with Crippen molar-refractivity contribution < 1.29 is 0 Å². The summed E-state index contributed by atoms with van der Waals surface area (Å²) < 4.78 is 0. The van der Waals surface area contributed by atoms with E-state index in [1.807, 2.05) is 0 Å². The van der Waals surface area contributed by atoms with Gasteiger partial charge in [0.15, 0.2) is 0 Å². The van der Waals surface area contributed by atoms with E-state index in [1.165, 1.54) is 42.4 Å². The molecule has 1 unspecified atom stereocenters. The Hall–Kier alpha value is -0.860. The minimum atomic E-state index is 0.506. The van der Waals surface area contributed by atoms with Crippen LogP contribution in [0.3, 0.4) is 0 Å². The number of nitrogens with zero attached hydrogens (tertiary/aromatic N) is 1. The normalized spacial score (nSPS) is 24.9. The van der Waals surface area contributed by atoms with Crippen molar-refractivity contribution in [2.24, 2.45) is 0 Å². The SMILES string of the molecule is CNC1CCC(N(C)C(C)c2ccc(C)cc2C)CC1. The Bertz CT molecular complexity index is 433. The lowest BCUT2D eigenvalue weighted by Gasteiger charge is -2.38. The van der Waals surface area contributed by atoms with E-state index < -0.39 is 0 Å². The largest absolute Gasteiger partial charge is 0.317 e. The molecular formula is C18H30N2. The molecule has 1 fully saturated rings. The average Bonchev–Trinajstić information content (AvgIpc) is 2.46. The monoisotopic (exact) mass is 274 g/mol. The van der Waals surface area contributed by atoms with Crippen LogP contribution in [0.1, 0.15) is 55.3 Å². The Morgan fingerprint density at radius 3 is 2.35 bits per heavy atom. The number of hydrogen-bond acceptors (Lipinski definition) is 2. The third kappa shape index (κ3) is 3.42. The van der Waals surface area contributed by atoms with Crippen molar-refractivity contribution in [2.45, 2.75) is 64.6 Å². The number of aryl methyl sites for hydroxylation is 2. The second-order valence-corrected chi connectivity index (χ2v) is 6.50. The van der Waals surface area contributed by atoms with Gasteiger partial charge in [0.2, 0.25) is 0 Å². The topological polar surface area (TPSA) is 15.3 Å². The number of rotatable bonds is 4. The van der Waals surface area contributed by atoms with Crippen molar-refractivity contribution in [3.63, 3.8) is 0 Å². The molecule has 0 heterocycles. The number of nitrogens with one attached hydrogen (secondary N) is 1. The molecule has 2 rings (SSSR count). The molecule has 20 heavy (non-hydrogen) atoms. The molecule has 0 saturated heterocycles. The molecule has 0 aliphatic heterocycles. The van der Waals surface area contributed by atoms with Crippen LogP contribution < -0.4 is 5.32 Å². The highest BCUT2D eigenvalue weighted by atomic mass is 15.2. The minimum Gasteiger partial charge on any atom is -0.317 e. The van der Waals surface area contributed by atoms with Gasteiger partial charge in [-0.1, -0.05) is 23.8 Å². The molecule has 2 heteroatoms. The van der Waals surface area contributed by atoms with Crippen LogP contribution in [0, 0.1) is 13.8 Å². The van der Waals surface area contributed by atoms with Gasteiger partial charge in [0.25, 0.3) is 0 Å². The summed E-state index contributed by atoms with van der Waals surface area (Å²) >= 11 is 0. The van der Waals surface area contributed by atoms with Gasteiger partial charge in [-0.25, -0.2) is 0 Å². The molecule has 0 bridgehead atoms. The van der Waals surface area contributed by atoms with Crippen molar-refractivity contribution in [2.75, 3.05) is 14.1 Å². The summed E-state index contributed by atoms with van der Waals surface area (Å²) in [5.74, 6) is 0. The van der Waals surface area contributed by atoms with Crippen LogP contribution in [0.15, 0.2) is 18.2 Å². The van der Waals surface area contributed by atoms with Gasteiger partial charge in [0.1, 0.15) is 0 Å². The summed E-state index contributed by atoms with van der Waals surface area (Å²) in [5, 5.41) is 3.42. The van der Waals surface area contributed by atoms with Crippen molar-refractivity contribution in [1.29, 1.82) is 0 Å². The highest BCUT2D eigenvalue weighted by molar-refractivity contribution is 5.32. The lowest BCUT2D eigenvalue weighted by Crippen LogP contribution is -2.40. The van der Waals surface area contributed by atoms with Gasteiger partial charge in [-0.3, -0.25) is 4.90 Å². The van der Waals surface area contributed by atoms with Gasteiger partial charge in [-0.15, -0.1) is 0 Å². The fraction of sp³-hybridized carbons (Fsp3) is 0.667. The van der Waals surface area contributed by atoms with Gasteiger partial charge in [-0.2, -0.15) is 0 Å². The third-order valence-electron chi connectivity index (χ3n) is 5.17. The molecule has 1 aromatic carbocycles. The lowest BCUT2D eigenvalue weighted by atomic mass is 9.89. The van der Waals surface area contributed by atoms with Crippen molar-refractivity contribution in [3.8, 4) is 0 Å². The molecule has 1 saturated carbocycles. The maximum Gasteiger partial charge on any atom is 0.0322 e. The third-order valence-corrected chi connectivity index (χ3v) is 5.17. The van der Waals surface area contributed by atoms with E-state index in [1.54, 1.807) is 0 Å². The molecule has 1 N–H and O–H groups in total. The maximum absolute atomic E-state index is 3.42. The molecule has 0 radical (unpaired) electrons. The molecule has 0 spiro atoms. The van der Waals surface area contributed by atoms with Gasteiger partial charge >= 0.3 is 0 Å². The summed E-state index contributed by atoms with van der Waals surface area (Å²) in [4.78, 5) is 2.59. The molecular weight excluding hydrogens is 244 g/mol. The molecule has 0 amide bonds. The zero-order chi connectivity index (χ0) is 14.7. The first-order chi connectivity index (χ1) is 9.52. The molecule has 2 nitrogen and oxygen atoms in total. The van der Waals surface area contributed by atoms with Crippen molar-refractivity contribution in [3.05, 3.63) is 34.9 Å². The van der Waals surface area contributed by atoms with Crippen LogP contribution >= 0.6 is 0 Å². The van der Waals surface area contributed by atoms with Crippen LogP contribution in [-0.4, -0.2) is 31.1 Å². The highest BCUT2D eigenvalue weighted by Gasteiger charge is 2.26. The predicted molar refractivity (Wildman–Crippen MR) is 87.2 cm³/mol. The Labute approximate surface area is 124 Å². The smallest absolute Gasteiger partial charge is 0.0322 e. The van der Waals surface area contributed by atoms with E-state index in [-0.39, 0.29) is 0 Å². The summed E-state index contributed by atoms with van der Waals surface area (Å²) in [5.41, 5.74) is 4.26. The van der Waals surface area contributed by atoms with Crippen LogP contribution in [0.2, 0.25) is 0 Å². The zero-order valence-electron chi connectivity index (χ0n) is 13.7. The Morgan fingerprint density at radius 1 is 1.15 bits per heavy atom. The minimum absolute atomic E-state index is 0.506. The van der Waals surface area contributed by atoms with Crippen molar-refractivity contribution in [1.82, 2.24) is 10.2 Å². The second kappa shape index (κ2) is 6.73. The zero-order valence-corrected chi connectivity index (χ0v) is 13.7. The van der Waals surface area contributed by atoms with Crippen LogP contribution in [0.4, 0.5) is 0 Å². The van der Waals surface area contributed by atoms with Crippen LogP contribution in [0.25, 0.3) is 0 Å². The van der Waals surface area contributed by atoms with Crippen LogP contribution in [0.5, 0.6) is 0 Å². The fourth-order valence-corrected chi connectivity index (χ4v) is 3.60. The standard InChI is InChI=1S/C18H30N2/c1-13-6-11-18(14(2)12-13)15(3)20(5)17-9-7-16(19-4)8-10-17/h6,11-12,15-17,19H,7-10H2,1-5H3. The van der Waals surface area contributed by atoms with E-state index in [0.717, 1.165) is 12.1 Å². The molecule has 112 valence electrons. The molecule has 0 aromatic heterocycles. The molecule has 1 aliphatic carbocycles. The van der Waals surface area contributed by atoms with Crippen molar-refractivity contribution >= 4 is 0 Å². The maximum atomic E-state index is 3.42.